The Kier molecular flexibility index (Phi) is 9.29. The molecule has 0 bridgehead atoms. The lowest BCUT2D eigenvalue weighted by molar-refractivity contribution is -0.141. The van der Waals surface area contributed by atoms with Gasteiger partial charge in [0, 0.05) is 24.9 Å². The number of hydrogen-bond acceptors (Lipinski definition) is 2. The molecule has 3 rings (SSSR count). The van der Waals surface area contributed by atoms with Gasteiger partial charge in [-0.05, 0) is 87.9 Å². The third kappa shape index (κ3) is 8.54. The Hall–Kier alpha value is -2.03. The highest BCUT2D eigenvalue weighted by Crippen LogP contribution is 2.41. The maximum absolute atomic E-state index is 13.2. The van der Waals surface area contributed by atoms with Crippen molar-refractivity contribution in [2.75, 3.05) is 6.54 Å². The Morgan fingerprint density at radius 2 is 1.77 bits per heavy atom. The zero-order chi connectivity index (χ0) is 25.6. The van der Waals surface area contributed by atoms with Crippen molar-refractivity contribution < 1.29 is 36.2 Å². The Morgan fingerprint density at radius 3 is 2.34 bits per heavy atom. The van der Waals surface area contributed by atoms with Crippen LogP contribution in [0, 0.1) is 5.92 Å². The number of carboxylic acids is 1. The van der Waals surface area contributed by atoms with Gasteiger partial charge < -0.3 is 5.11 Å². The molecule has 1 aliphatic carbocycles. The molecule has 0 spiro atoms. The molecule has 9 heteroatoms. The Balaban J connectivity index is 1.85. The van der Waals surface area contributed by atoms with Gasteiger partial charge in [0.2, 0.25) is 0 Å². The maximum atomic E-state index is 13.2. The van der Waals surface area contributed by atoms with Crippen molar-refractivity contribution in [2.24, 2.45) is 5.92 Å². The van der Waals surface area contributed by atoms with E-state index in [-0.39, 0.29) is 18.8 Å². The van der Waals surface area contributed by atoms with Crippen LogP contribution < -0.4 is 0 Å². The molecular formula is C26H33F6NO2. The number of hydrogen-bond donors (Lipinski definition) is 1. The number of carbonyl (C=O) groups is 1. The van der Waals surface area contributed by atoms with Crippen LogP contribution in [0.1, 0.15) is 87.8 Å². The summed E-state index contributed by atoms with van der Waals surface area (Å²) in [6.07, 6.45) is -1.37. The number of benzene rings is 1. The van der Waals surface area contributed by atoms with Crippen molar-refractivity contribution in [1.29, 1.82) is 0 Å². The van der Waals surface area contributed by atoms with E-state index >= 15 is 0 Å². The van der Waals surface area contributed by atoms with Gasteiger partial charge in [0.25, 0.3) is 0 Å². The quantitative estimate of drug-likeness (QED) is 0.274. The predicted octanol–water partition coefficient (Wildman–Crippen LogP) is 7.92. The molecule has 196 valence electrons. The van der Waals surface area contributed by atoms with Gasteiger partial charge in [0.15, 0.2) is 0 Å². The van der Waals surface area contributed by atoms with Crippen LogP contribution in [0.25, 0.3) is 0 Å². The summed E-state index contributed by atoms with van der Waals surface area (Å²) < 4.78 is 78.7. The molecule has 1 saturated heterocycles. The van der Waals surface area contributed by atoms with Crippen LogP contribution in [0.5, 0.6) is 0 Å². The lowest BCUT2D eigenvalue weighted by Crippen LogP contribution is -2.44. The van der Waals surface area contributed by atoms with Crippen LogP contribution in [0.15, 0.2) is 35.9 Å². The van der Waals surface area contributed by atoms with Crippen LogP contribution in [-0.4, -0.2) is 34.7 Å². The molecule has 1 aliphatic heterocycles. The van der Waals surface area contributed by atoms with E-state index in [9.17, 15) is 36.2 Å². The zero-order valence-electron chi connectivity index (χ0n) is 19.7. The number of aliphatic carboxylic acids is 1. The van der Waals surface area contributed by atoms with Crippen LogP contribution in [0.3, 0.4) is 0 Å². The van der Waals surface area contributed by atoms with E-state index < -0.39 is 42.4 Å². The second kappa shape index (κ2) is 11.8. The molecule has 3 atom stereocenters. The third-order valence-corrected chi connectivity index (χ3v) is 7.25. The molecule has 0 radical (unpaired) electrons. The highest BCUT2D eigenvalue weighted by Gasteiger charge is 2.37. The first-order valence-electron chi connectivity index (χ1n) is 12.3. The molecule has 0 unspecified atom stereocenters. The number of carboxylic acid groups (broad SMARTS) is 1. The molecule has 0 saturated carbocycles. The van der Waals surface area contributed by atoms with Gasteiger partial charge in [-0.3, -0.25) is 9.69 Å². The molecule has 3 nitrogen and oxygen atoms in total. The number of likely N-dealkylation sites (tertiary alicyclic amines) is 1. The van der Waals surface area contributed by atoms with Crippen molar-refractivity contribution >= 4 is 5.97 Å². The Labute approximate surface area is 202 Å². The third-order valence-electron chi connectivity index (χ3n) is 7.25. The van der Waals surface area contributed by atoms with E-state index in [1.165, 1.54) is 17.7 Å². The summed E-state index contributed by atoms with van der Waals surface area (Å²) in [6.45, 7) is 0.422. The van der Waals surface area contributed by atoms with Crippen molar-refractivity contribution in [3.63, 3.8) is 0 Å². The van der Waals surface area contributed by atoms with Crippen LogP contribution in [0.2, 0.25) is 0 Å². The number of halogens is 6. The minimum absolute atomic E-state index is 0.0644. The molecule has 35 heavy (non-hydrogen) atoms. The summed E-state index contributed by atoms with van der Waals surface area (Å²) in [7, 11) is 0. The first kappa shape index (κ1) is 27.6. The first-order chi connectivity index (χ1) is 16.4. The van der Waals surface area contributed by atoms with Crippen molar-refractivity contribution in [2.45, 2.75) is 95.1 Å². The standard InChI is InChI=1S/C26H33F6NO2/c27-25(28,29)14-12-22(11-6-18-4-2-1-3-5-18)33-15-13-19(17-24(34)35)16-23(33)20-7-9-21(10-8-20)26(30,31)32/h4,7-10,19,22-23H,1-3,5-6,11-17H2,(H,34,35)/t19-,22-,23+/m1/s1. The fourth-order valence-electron chi connectivity index (χ4n) is 5.44. The average Bonchev–Trinajstić information content (AvgIpc) is 2.78. The fourth-order valence-corrected chi connectivity index (χ4v) is 5.44. The number of rotatable bonds is 9. The van der Waals surface area contributed by atoms with Crippen LogP contribution in [-0.2, 0) is 11.0 Å². The van der Waals surface area contributed by atoms with E-state index in [0.29, 0.717) is 37.8 Å². The van der Waals surface area contributed by atoms with Gasteiger partial charge in [0.05, 0.1) is 5.56 Å². The van der Waals surface area contributed by atoms with Gasteiger partial charge in [0.1, 0.15) is 0 Å². The van der Waals surface area contributed by atoms with Crippen LogP contribution >= 0.6 is 0 Å². The Morgan fingerprint density at radius 1 is 1.06 bits per heavy atom. The molecule has 0 amide bonds. The first-order valence-corrected chi connectivity index (χ1v) is 12.3. The second-order valence-corrected chi connectivity index (χ2v) is 9.82. The summed E-state index contributed by atoms with van der Waals surface area (Å²) in [5.74, 6) is -1.13. The molecule has 2 aliphatic rings. The summed E-state index contributed by atoms with van der Waals surface area (Å²) in [4.78, 5) is 13.3. The minimum Gasteiger partial charge on any atom is -0.481 e. The number of alkyl halides is 6. The predicted molar refractivity (Wildman–Crippen MR) is 121 cm³/mol. The summed E-state index contributed by atoms with van der Waals surface area (Å²) in [5.41, 5.74) is 1.06. The topological polar surface area (TPSA) is 40.5 Å². The fraction of sp³-hybridized carbons (Fsp3) is 0.654. The Bertz CT molecular complexity index is 862. The van der Waals surface area contributed by atoms with Gasteiger partial charge in [-0.25, -0.2) is 0 Å². The summed E-state index contributed by atoms with van der Waals surface area (Å²) in [5, 5.41) is 9.26. The van der Waals surface area contributed by atoms with Crippen molar-refractivity contribution in [3.05, 3.63) is 47.0 Å². The normalized spacial score (nSPS) is 23.1. The highest BCUT2D eigenvalue weighted by atomic mass is 19.4. The lowest BCUT2D eigenvalue weighted by atomic mass is 9.82. The van der Waals surface area contributed by atoms with Gasteiger partial charge in [-0.2, -0.15) is 26.3 Å². The molecule has 1 aromatic rings. The molecule has 1 fully saturated rings. The number of piperidine rings is 1. The average molecular weight is 506 g/mol. The number of nitrogens with zero attached hydrogens (tertiary/aromatic N) is 1. The van der Waals surface area contributed by atoms with Gasteiger partial charge >= 0.3 is 18.3 Å². The van der Waals surface area contributed by atoms with E-state index in [4.69, 9.17) is 0 Å². The van der Waals surface area contributed by atoms with E-state index in [1.54, 1.807) is 0 Å². The molecule has 1 aromatic carbocycles. The van der Waals surface area contributed by atoms with E-state index in [1.807, 2.05) is 4.90 Å². The van der Waals surface area contributed by atoms with E-state index in [0.717, 1.165) is 37.8 Å². The minimum atomic E-state index is -4.49. The lowest BCUT2D eigenvalue weighted by Gasteiger charge is -2.44. The SMILES string of the molecule is O=C(O)C[C@@H]1CCN([C@H](CCC2=CCCCC2)CCC(F)(F)F)[C@H](c2ccc(C(F)(F)F)cc2)C1. The molecular weight excluding hydrogens is 472 g/mol. The second-order valence-electron chi connectivity index (χ2n) is 9.82. The summed E-state index contributed by atoms with van der Waals surface area (Å²) >= 11 is 0. The molecule has 0 aromatic heterocycles. The van der Waals surface area contributed by atoms with Gasteiger partial charge in [-0.15, -0.1) is 0 Å². The smallest absolute Gasteiger partial charge is 0.416 e. The molecule has 1 N–H and O–H groups in total. The highest BCUT2D eigenvalue weighted by molar-refractivity contribution is 5.67. The van der Waals surface area contributed by atoms with E-state index in [2.05, 4.69) is 6.08 Å². The monoisotopic (exact) mass is 505 g/mol. The van der Waals surface area contributed by atoms with Gasteiger partial charge in [-0.1, -0.05) is 23.8 Å². The largest absolute Gasteiger partial charge is 0.481 e. The maximum Gasteiger partial charge on any atom is 0.416 e. The number of allylic oxidation sites excluding steroid dienone is 2. The van der Waals surface area contributed by atoms with Crippen molar-refractivity contribution in [1.82, 2.24) is 4.90 Å². The zero-order valence-corrected chi connectivity index (χ0v) is 19.7. The van der Waals surface area contributed by atoms with Crippen molar-refractivity contribution in [3.8, 4) is 0 Å². The summed E-state index contributed by atoms with van der Waals surface area (Å²) in [6, 6.07) is 3.94. The molecule has 1 heterocycles. The van der Waals surface area contributed by atoms with Crippen LogP contribution in [0.4, 0.5) is 26.3 Å².